The molecule has 0 bridgehead atoms. The van der Waals surface area contributed by atoms with Gasteiger partial charge in [-0.2, -0.15) is 13.2 Å². The Morgan fingerprint density at radius 2 is 1.49 bits per heavy atom. The van der Waals surface area contributed by atoms with Gasteiger partial charge in [0, 0.05) is 23.9 Å². The van der Waals surface area contributed by atoms with Crippen LogP contribution in [0.25, 0.3) is 11.2 Å². The van der Waals surface area contributed by atoms with Gasteiger partial charge in [0.05, 0.1) is 13.1 Å². The van der Waals surface area contributed by atoms with Gasteiger partial charge >= 0.3 is 17.8 Å². The number of benzene rings is 2. The smallest absolute Gasteiger partial charge is 0.475 e. The largest absolute Gasteiger partial charge is 0.490 e. The predicted octanol–water partition coefficient (Wildman–Crippen LogP) is 4.07. The molecular weight excluding hydrogens is 587 g/mol. The fourth-order valence-corrected chi connectivity index (χ4v) is 5.42. The van der Waals surface area contributed by atoms with Crippen molar-refractivity contribution in [1.29, 1.82) is 0 Å². The summed E-state index contributed by atoms with van der Waals surface area (Å²) < 4.78 is 35.7. The summed E-state index contributed by atoms with van der Waals surface area (Å²) in [6, 6.07) is 18.4. The first-order valence-electron chi connectivity index (χ1n) is 13.3. The van der Waals surface area contributed by atoms with Gasteiger partial charge in [0.15, 0.2) is 22.1 Å². The summed E-state index contributed by atoms with van der Waals surface area (Å²) in [6.45, 7) is 4.68. The Morgan fingerprint density at radius 1 is 0.953 bits per heavy atom. The highest BCUT2D eigenvalue weighted by Crippen LogP contribution is 2.38. The Bertz CT molecular complexity index is 1690. The number of ketones is 1. The number of carboxylic acid groups (broad SMARTS) is 1. The number of nitrogens with two attached hydrogens (primary N) is 1. The SMILES string of the molecule is CCC(CC)(CN)Sc1nc2c(c(=O)n(CC(=O)c3ccccc3)c(=O)n2C)n1Cc1ccccc1.O=C(O)C(F)(F)F. The zero-order valence-electron chi connectivity index (χ0n) is 23.8. The van der Waals surface area contributed by atoms with Crippen molar-refractivity contribution in [2.45, 2.75) is 55.9 Å². The van der Waals surface area contributed by atoms with Crippen molar-refractivity contribution < 1.29 is 27.9 Å². The molecule has 2 heterocycles. The van der Waals surface area contributed by atoms with Gasteiger partial charge in [-0.3, -0.25) is 18.7 Å². The maximum absolute atomic E-state index is 13.8. The van der Waals surface area contributed by atoms with Crippen molar-refractivity contribution in [3.63, 3.8) is 0 Å². The molecule has 0 aliphatic heterocycles. The number of aryl methyl sites for hydroxylation is 1. The Balaban J connectivity index is 0.000000646. The minimum absolute atomic E-state index is 0.253. The molecule has 0 atom stereocenters. The number of nitrogens with zero attached hydrogens (tertiary/aromatic N) is 4. The Morgan fingerprint density at radius 3 is 1.98 bits per heavy atom. The van der Waals surface area contributed by atoms with Gasteiger partial charge in [0.1, 0.15) is 0 Å². The van der Waals surface area contributed by atoms with Crippen molar-refractivity contribution in [3.05, 3.63) is 92.6 Å². The number of hydrogen-bond donors (Lipinski definition) is 2. The molecule has 4 rings (SSSR count). The van der Waals surface area contributed by atoms with Gasteiger partial charge in [-0.25, -0.2) is 14.6 Å². The highest BCUT2D eigenvalue weighted by Gasteiger charge is 2.38. The van der Waals surface area contributed by atoms with Crippen LogP contribution in [-0.4, -0.2) is 53.0 Å². The third kappa shape index (κ3) is 7.62. The van der Waals surface area contributed by atoms with E-state index < -0.39 is 23.4 Å². The van der Waals surface area contributed by atoms with E-state index in [9.17, 15) is 27.6 Å². The topological polar surface area (TPSA) is 142 Å². The van der Waals surface area contributed by atoms with Gasteiger partial charge < -0.3 is 15.4 Å². The number of carbonyl (C=O) groups excluding carboxylic acids is 1. The van der Waals surface area contributed by atoms with Crippen molar-refractivity contribution in [2.75, 3.05) is 6.54 Å². The van der Waals surface area contributed by atoms with E-state index in [-0.39, 0.29) is 17.1 Å². The third-order valence-corrected chi connectivity index (χ3v) is 8.66. The van der Waals surface area contributed by atoms with Crippen LogP contribution in [0.1, 0.15) is 42.6 Å². The van der Waals surface area contributed by atoms with E-state index in [4.69, 9.17) is 20.6 Å². The number of rotatable bonds is 10. The molecule has 43 heavy (non-hydrogen) atoms. The monoisotopic (exact) mass is 619 g/mol. The van der Waals surface area contributed by atoms with Crippen molar-refractivity contribution >= 4 is 34.7 Å². The van der Waals surface area contributed by atoms with Crippen LogP contribution in [0, 0.1) is 0 Å². The number of hydrogen-bond acceptors (Lipinski definition) is 7. The molecular formula is C29H32F3N5O5S. The van der Waals surface area contributed by atoms with Crippen molar-refractivity contribution in [1.82, 2.24) is 18.7 Å². The third-order valence-electron chi connectivity index (χ3n) is 6.99. The summed E-state index contributed by atoms with van der Waals surface area (Å²) in [5.41, 5.74) is 7.10. The van der Waals surface area contributed by atoms with E-state index in [2.05, 4.69) is 13.8 Å². The summed E-state index contributed by atoms with van der Waals surface area (Å²) in [4.78, 5) is 53.5. The number of imidazole rings is 1. The van der Waals surface area contributed by atoms with Gasteiger partial charge in [0.2, 0.25) is 0 Å². The normalized spacial score (nSPS) is 11.7. The first-order valence-corrected chi connectivity index (χ1v) is 14.1. The molecule has 0 amide bonds. The maximum atomic E-state index is 13.8. The fraction of sp³-hybridized carbons (Fsp3) is 0.345. The summed E-state index contributed by atoms with van der Waals surface area (Å²) in [6.07, 6.45) is -3.43. The first kappa shape index (κ1) is 33.3. The quantitative estimate of drug-likeness (QED) is 0.200. The van der Waals surface area contributed by atoms with Gasteiger partial charge in [-0.05, 0) is 18.4 Å². The lowest BCUT2D eigenvalue weighted by molar-refractivity contribution is -0.192. The lowest BCUT2D eigenvalue weighted by Gasteiger charge is -2.29. The van der Waals surface area contributed by atoms with Crippen LogP contribution >= 0.6 is 11.8 Å². The Labute approximate surface area is 249 Å². The molecule has 4 aromatic rings. The van der Waals surface area contributed by atoms with Crippen molar-refractivity contribution in [2.24, 2.45) is 12.8 Å². The van der Waals surface area contributed by atoms with Gasteiger partial charge in [-0.15, -0.1) is 0 Å². The van der Waals surface area contributed by atoms with E-state index in [1.54, 1.807) is 43.1 Å². The molecule has 0 aliphatic carbocycles. The average molecular weight is 620 g/mol. The van der Waals surface area contributed by atoms with Crippen molar-refractivity contribution in [3.8, 4) is 0 Å². The number of halogens is 3. The molecule has 0 aliphatic rings. The van der Waals surface area contributed by atoms with Crippen LogP contribution in [-0.2, 0) is 24.9 Å². The lowest BCUT2D eigenvalue weighted by atomic mass is 10.0. The number of fused-ring (bicyclic) bond motifs is 1. The van der Waals surface area contributed by atoms with Crippen LogP contribution in [0.3, 0.4) is 0 Å². The van der Waals surface area contributed by atoms with Gasteiger partial charge in [-0.1, -0.05) is 86.3 Å². The van der Waals surface area contributed by atoms with E-state index in [0.29, 0.717) is 35.0 Å². The molecule has 230 valence electrons. The van der Waals surface area contributed by atoms with Crippen LogP contribution in [0.2, 0.25) is 0 Å². The molecule has 0 saturated carbocycles. The number of carboxylic acids is 1. The standard InChI is InChI=1S/C27H31N5O3S.C2HF3O2/c1-4-27(5-2,18-28)36-25-29-23-22(31(25)16-19-12-8-6-9-13-19)24(34)32(26(35)30(23)3)17-21(33)20-14-10-7-11-15-20;3-2(4,5)1(6)7/h6-15H,4-5,16-18,28H2,1-3H3;(H,6,7). The highest BCUT2D eigenvalue weighted by atomic mass is 32.2. The van der Waals surface area contributed by atoms with Crippen LogP contribution in [0.4, 0.5) is 13.2 Å². The number of thioether (sulfide) groups is 1. The molecule has 2 aromatic heterocycles. The highest BCUT2D eigenvalue weighted by molar-refractivity contribution is 8.00. The Hall–Kier alpha value is -4.17. The Kier molecular flexibility index (Phi) is 10.8. The van der Waals surface area contributed by atoms with Gasteiger partial charge in [0.25, 0.3) is 5.56 Å². The molecule has 0 spiro atoms. The number of aromatic nitrogens is 4. The van der Waals surface area contributed by atoms with E-state index in [0.717, 1.165) is 23.0 Å². The lowest BCUT2D eigenvalue weighted by Crippen LogP contribution is -2.41. The van der Waals surface area contributed by atoms with Crippen LogP contribution in [0.15, 0.2) is 75.4 Å². The fourth-order valence-electron chi connectivity index (χ4n) is 4.26. The second kappa shape index (κ2) is 13.9. The molecule has 0 fully saturated rings. The second-order valence-electron chi connectivity index (χ2n) is 9.66. The molecule has 3 N–H and O–H groups in total. The average Bonchev–Trinajstić information content (AvgIpc) is 3.35. The zero-order chi connectivity index (χ0) is 31.9. The van der Waals surface area contributed by atoms with Crippen LogP contribution in [0.5, 0.6) is 0 Å². The number of carbonyl (C=O) groups is 2. The minimum Gasteiger partial charge on any atom is -0.475 e. The maximum Gasteiger partial charge on any atom is 0.490 e. The zero-order valence-corrected chi connectivity index (χ0v) is 24.6. The summed E-state index contributed by atoms with van der Waals surface area (Å²) in [5, 5.41) is 7.75. The molecule has 0 radical (unpaired) electrons. The first-order chi connectivity index (χ1) is 20.3. The van der Waals surface area contributed by atoms with E-state index >= 15 is 0 Å². The molecule has 10 nitrogen and oxygen atoms in total. The summed E-state index contributed by atoms with van der Waals surface area (Å²) >= 11 is 1.54. The number of Topliss-reactive ketones (excluding diaryl/α,β-unsaturated/α-hetero) is 1. The summed E-state index contributed by atoms with van der Waals surface area (Å²) in [7, 11) is 1.58. The number of alkyl halides is 3. The molecule has 14 heteroatoms. The van der Waals surface area contributed by atoms with E-state index in [1.807, 2.05) is 41.0 Å². The van der Waals surface area contributed by atoms with E-state index in [1.165, 1.54) is 4.57 Å². The second-order valence-corrected chi connectivity index (χ2v) is 11.1. The van der Waals surface area contributed by atoms with Crippen LogP contribution < -0.4 is 17.0 Å². The molecule has 0 unspecified atom stereocenters. The molecule has 2 aromatic carbocycles. The molecule has 0 saturated heterocycles. The predicted molar refractivity (Wildman–Crippen MR) is 157 cm³/mol. The minimum atomic E-state index is -5.08. The summed E-state index contributed by atoms with van der Waals surface area (Å²) in [5.74, 6) is -3.07. The number of aliphatic carboxylic acids is 1.